The van der Waals surface area contributed by atoms with E-state index in [9.17, 15) is 0 Å². The summed E-state index contributed by atoms with van der Waals surface area (Å²) in [5.74, 6) is 1.30. The van der Waals surface area contributed by atoms with Crippen molar-refractivity contribution in [2.75, 3.05) is 26.7 Å². The van der Waals surface area contributed by atoms with Gasteiger partial charge in [0, 0.05) is 6.54 Å². The molecule has 0 atom stereocenters. The Morgan fingerprint density at radius 3 is 2.46 bits per heavy atom. The Bertz CT molecular complexity index is 674. The summed E-state index contributed by atoms with van der Waals surface area (Å²) >= 11 is 6.48. The molecule has 0 heterocycles. The van der Waals surface area contributed by atoms with E-state index in [1.165, 1.54) is 5.56 Å². The molecule has 2 aromatic rings. The third-order valence-electron chi connectivity index (χ3n) is 3.98. The van der Waals surface area contributed by atoms with Crippen LogP contribution in [0.5, 0.6) is 11.5 Å². The highest BCUT2D eigenvalue weighted by atomic mass is 35.5. The first-order valence-electron chi connectivity index (χ1n) is 9.13. The topological polar surface area (TPSA) is 42.5 Å². The molecule has 0 saturated heterocycles. The molecule has 0 aliphatic carbocycles. The summed E-state index contributed by atoms with van der Waals surface area (Å²) < 4.78 is 11.7. The number of rotatable bonds is 11. The molecule has 2 rings (SSSR count). The first-order chi connectivity index (χ1) is 12.6. The third kappa shape index (κ3) is 6.52. The lowest BCUT2D eigenvalue weighted by atomic mass is 10.1. The normalized spacial score (nSPS) is 10.8. The molecule has 5 heteroatoms. The van der Waals surface area contributed by atoms with Crippen molar-refractivity contribution in [2.24, 2.45) is 0 Å². The van der Waals surface area contributed by atoms with Crippen molar-refractivity contribution in [3.8, 4) is 11.5 Å². The van der Waals surface area contributed by atoms with Gasteiger partial charge in [-0.25, -0.2) is 0 Å². The number of hydrogen-bond acceptors (Lipinski definition) is 4. The molecule has 26 heavy (non-hydrogen) atoms. The van der Waals surface area contributed by atoms with Gasteiger partial charge in [-0.3, -0.25) is 0 Å². The SMILES string of the molecule is CCOc1cc(CNCCCNC)cc(Cl)c1OCc1ccc(C)cc1. The maximum Gasteiger partial charge on any atom is 0.180 e. The van der Waals surface area contributed by atoms with E-state index in [2.05, 4.69) is 41.8 Å². The average Bonchev–Trinajstić information content (AvgIpc) is 2.62. The molecule has 0 aliphatic rings. The summed E-state index contributed by atoms with van der Waals surface area (Å²) in [4.78, 5) is 0. The molecular weight excluding hydrogens is 348 g/mol. The number of aryl methyl sites for hydroxylation is 1. The molecule has 142 valence electrons. The smallest absolute Gasteiger partial charge is 0.180 e. The molecule has 0 saturated carbocycles. The molecule has 0 unspecified atom stereocenters. The van der Waals surface area contributed by atoms with Crippen molar-refractivity contribution in [3.05, 3.63) is 58.1 Å². The van der Waals surface area contributed by atoms with Gasteiger partial charge >= 0.3 is 0 Å². The standard InChI is InChI=1S/C21H29ClN2O2/c1-4-25-20-13-18(14-24-11-5-10-23-3)12-19(22)21(20)26-15-17-8-6-16(2)7-9-17/h6-9,12-13,23-24H,4-5,10-11,14-15H2,1-3H3. The van der Waals surface area contributed by atoms with Gasteiger partial charge in [-0.05, 0) is 63.7 Å². The van der Waals surface area contributed by atoms with Crippen LogP contribution >= 0.6 is 11.6 Å². The number of benzene rings is 2. The Morgan fingerprint density at radius 2 is 1.77 bits per heavy atom. The first-order valence-corrected chi connectivity index (χ1v) is 9.50. The van der Waals surface area contributed by atoms with Crippen LogP contribution in [0.2, 0.25) is 5.02 Å². The van der Waals surface area contributed by atoms with Gasteiger partial charge in [0.15, 0.2) is 11.5 Å². The molecule has 0 aliphatic heterocycles. The molecule has 2 aromatic carbocycles. The predicted octanol–water partition coefficient (Wildman–Crippen LogP) is 4.33. The van der Waals surface area contributed by atoms with Crippen molar-refractivity contribution in [1.29, 1.82) is 0 Å². The minimum Gasteiger partial charge on any atom is -0.490 e. The third-order valence-corrected chi connectivity index (χ3v) is 4.26. The number of halogens is 1. The lowest BCUT2D eigenvalue weighted by Gasteiger charge is -2.16. The fourth-order valence-corrected chi connectivity index (χ4v) is 2.88. The summed E-state index contributed by atoms with van der Waals surface area (Å²) in [5, 5.41) is 7.14. The van der Waals surface area contributed by atoms with Crippen LogP contribution in [0.15, 0.2) is 36.4 Å². The summed E-state index contributed by atoms with van der Waals surface area (Å²) in [6, 6.07) is 12.2. The van der Waals surface area contributed by atoms with Crippen molar-refractivity contribution >= 4 is 11.6 Å². The zero-order valence-corrected chi connectivity index (χ0v) is 16.7. The van der Waals surface area contributed by atoms with Gasteiger partial charge in [-0.1, -0.05) is 41.4 Å². The zero-order chi connectivity index (χ0) is 18.8. The molecule has 0 amide bonds. The largest absolute Gasteiger partial charge is 0.490 e. The second-order valence-corrected chi connectivity index (χ2v) is 6.65. The van der Waals surface area contributed by atoms with Crippen LogP contribution in [0.1, 0.15) is 30.0 Å². The Morgan fingerprint density at radius 1 is 1.00 bits per heavy atom. The van der Waals surface area contributed by atoms with E-state index < -0.39 is 0 Å². The highest BCUT2D eigenvalue weighted by Crippen LogP contribution is 2.37. The molecule has 0 fully saturated rings. The molecular formula is C21H29ClN2O2. The Balaban J connectivity index is 2.03. The van der Waals surface area contributed by atoms with Crippen LogP contribution in [0.4, 0.5) is 0 Å². The van der Waals surface area contributed by atoms with Gasteiger partial charge in [-0.15, -0.1) is 0 Å². The molecule has 0 bridgehead atoms. The summed E-state index contributed by atoms with van der Waals surface area (Å²) in [6.45, 7) is 7.76. The average molecular weight is 377 g/mol. The molecule has 0 spiro atoms. The van der Waals surface area contributed by atoms with Crippen molar-refractivity contribution in [1.82, 2.24) is 10.6 Å². The van der Waals surface area contributed by atoms with Gasteiger partial charge in [0.1, 0.15) is 6.61 Å². The fraction of sp³-hybridized carbons (Fsp3) is 0.429. The van der Waals surface area contributed by atoms with E-state index in [0.717, 1.165) is 37.2 Å². The van der Waals surface area contributed by atoms with Crippen LogP contribution < -0.4 is 20.1 Å². The Hall–Kier alpha value is -1.75. The minimum absolute atomic E-state index is 0.460. The molecule has 2 N–H and O–H groups in total. The van der Waals surface area contributed by atoms with Gasteiger partial charge in [-0.2, -0.15) is 0 Å². The van der Waals surface area contributed by atoms with E-state index in [-0.39, 0.29) is 0 Å². The highest BCUT2D eigenvalue weighted by molar-refractivity contribution is 6.32. The van der Waals surface area contributed by atoms with E-state index in [1.807, 2.05) is 26.1 Å². The second-order valence-electron chi connectivity index (χ2n) is 6.25. The van der Waals surface area contributed by atoms with E-state index in [0.29, 0.717) is 29.7 Å². The lowest BCUT2D eigenvalue weighted by Crippen LogP contribution is -2.19. The predicted molar refractivity (Wildman–Crippen MR) is 108 cm³/mol. The Kier molecular flexibility index (Phi) is 8.75. The van der Waals surface area contributed by atoms with Crippen LogP contribution in [0, 0.1) is 6.92 Å². The number of nitrogens with one attached hydrogen (secondary N) is 2. The van der Waals surface area contributed by atoms with Gasteiger partial charge < -0.3 is 20.1 Å². The van der Waals surface area contributed by atoms with Gasteiger partial charge in [0.2, 0.25) is 0 Å². The van der Waals surface area contributed by atoms with E-state index >= 15 is 0 Å². The van der Waals surface area contributed by atoms with Crippen molar-refractivity contribution < 1.29 is 9.47 Å². The Labute approximate surface area is 161 Å². The summed E-state index contributed by atoms with van der Waals surface area (Å²) in [5.41, 5.74) is 3.42. The van der Waals surface area contributed by atoms with Crippen LogP contribution in [-0.4, -0.2) is 26.7 Å². The monoisotopic (exact) mass is 376 g/mol. The van der Waals surface area contributed by atoms with Gasteiger partial charge in [0.25, 0.3) is 0 Å². The molecule has 0 radical (unpaired) electrons. The minimum atomic E-state index is 0.460. The van der Waals surface area contributed by atoms with Crippen molar-refractivity contribution in [3.63, 3.8) is 0 Å². The number of ether oxygens (including phenoxy) is 2. The second kappa shape index (κ2) is 11.1. The molecule has 4 nitrogen and oxygen atoms in total. The number of hydrogen-bond donors (Lipinski definition) is 2. The van der Waals surface area contributed by atoms with Gasteiger partial charge in [0.05, 0.1) is 11.6 Å². The van der Waals surface area contributed by atoms with Crippen LogP contribution in [0.25, 0.3) is 0 Å². The van der Waals surface area contributed by atoms with Crippen molar-refractivity contribution in [2.45, 2.75) is 33.4 Å². The maximum absolute atomic E-state index is 6.48. The lowest BCUT2D eigenvalue weighted by molar-refractivity contribution is 0.269. The van der Waals surface area contributed by atoms with Crippen LogP contribution in [0.3, 0.4) is 0 Å². The highest BCUT2D eigenvalue weighted by Gasteiger charge is 2.13. The first kappa shape index (κ1) is 20.6. The fourth-order valence-electron chi connectivity index (χ4n) is 2.59. The molecule has 0 aromatic heterocycles. The summed E-state index contributed by atoms with van der Waals surface area (Å²) in [7, 11) is 1.96. The van der Waals surface area contributed by atoms with Crippen LogP contribution in [-0.2, 0) is 13.2 Å². The maximum atomic E-state index is 6.48. The summed E-state index contributed by atoms with van der Waals surface area (Å²) in [6.07, 6.45) is 1.08. The zero-order valence-electron chi connectivity index (χ0n) is 15.9. The van der Waals surface area contributed by atoms with E-state index in [1.54, 1.807) is 0 Å². The quantitative estimate of drug-likeness (QED) is 0.573. The van der Waals surface area contributed by atoms with E-state index in [4.69, 9.17) is 21.1 Å².